The van der Waals surface area contributed by atoms with Crippen LogP contribution in [0, 0.1) is 0 Å². The average Bonchev–Trinajstić information content (AvgIpc) is 3.10. The van der Waals surface area contributed by atoms with Gasteiger partial charge in [0.15, 0.2) is 6.23 Å². The van der Waals surface area contributed by atoms with Crippen molar-refractivity contribution in [2.45, 2.75) is 224 Å². The molecule has 0 aromatic carbocycles. The van der Waals surface area contributed by atoms with Crippen LogP contribution in [0.3, 0.4) is 0 Å². The van der Waals surface area contributed by atoms with Crippen molar-refractivity contribution in [1.29, 1.82) is 0 Å². The Morgan fingerprint density at radius 2 is 1.06 bits per heavy atom. The second-order valence-corrected chi connectivity index (χ2v) is 15.0. The van der Waals surface area contributed by atoms with Gasteiger partial charge in [-0.1, -0.05) is 168 Å². The SMILES string of the molecule is CCCCCCCCCCCCCCCCCCN(C(=O)NCCCCCCCCCCCC)[C@@H]1O[C@H](CO)[C@@H](O)[C@H](O)[C@H]1NC(=O)[C@H](C)N. The Morgan fingerprint density at radius 1 is 0.660 bits per heavy atom. The van der Waals surface area contributed by atoms with Gasteiger partial charge in [-0.2, -0.15) is 0 Å². The summed E-state index contributed by atoms with van der Waals surface area (Å²) in [6.07, 6.45) is 27.0. The average molecular weight is 713 g/mol. The number of nitrogens with two attached hydrogens (primary N) is 1. The van der Waals surface area contributed by atoms with Gasteiger partial charge in [-0.15, -0.1) is 0 Å². The first-order valence-electron chi connectivity index (χ1n) is 21.0. The number of aliphatic hydroxyl groups is 3. The molecular formula is C40H80N4O6. The van der Waals surface area contributed by atoms with Crippen molar-refractivity contribution in [3.63, 3.8) is 0 Å². The van der Waals surface area contributed by atoms with Crippen LogP contribution in [0.5, 0.6) is 0 Å². The quantitative estimate of drug-likeness (QED) is 0.0396. The van der Waals surface area contributed by atoms with Crippen LogP contribution in [0.15, 0.2) is 0 Å². The van der Waals surface area contributed by atoms with Gasteiger partial charge in [-0.25, -0.2) is 4.79 Å². The summed E-state index contributed by atoms with van der Waals surface area (Å²) in [5.74, 6) is -0.523. The lowest BCUT2D eigenvalue weighted by Crippen LogP contribution is -2.70. The topological polar surface area (TPSA) is 157 Å². The van der Waals surface area contributed by atoms with Gasteiger partial charge in [0.25, 0.3) is 0 Å². The Balaban J connectivity index is 2.59. The van der Waals surface area contributed by atoms with Gasteiger partial charge < -0.3 is 36.4 Å². The number of carbonyl (C=O) groups excluding carboxylic acids is 2. The van der Waals surface area contributed by atoms with Crippen LogP contribution in [-0.4, -0.2) is 88.5 Å². The number of urea groups is 1. The highest BCUT2D eigenvalue weighted by Crippen LogP contribution is 2.25. The molecule has 1 saturated heterocycles. The van der Waals surface area contributed by atoms with Crippen LogP contribution < -0.4 is 16.4 Å². The van der Waals surface area contributed by atoms with Gasteiger partial charge in [0.1, 0.15) is 24.4 Å². The van der Waals surface area contributed by atoms with E-state index in [1.807, 2.05) is 0 Å². The third-order valence-electron chi connectivity index (χ3n) is 10.2. The molecule has 1 aliphatic rings. The molecule has 50 heavy (non-hydrogen) atoms. The standard InChI is InChI=1S/C40H80N4O6/c1-4-6-8-10-12-14-16-17-18-19-20-21-23-25-27-29-31-44(40(49)42-30-28-26-24-22-15-13-11-9-7-5-2)39-35(43-38(48)33(3)41)37(47)36(46)34(32-45)50-39/h33-37,39,45-47H,4-32,41H2,1-3H3,(H,42,49)(H,43,48)/t33-,34+,35+,36+,37+,39+/m0/s1. The Bertz CT molecular complexity index is 819. The molecule has 0 aliphatic carbocycles. The molecule has 3 amide bonds. The summed E-state index contributed by atoms with van der Waals surface area (Å²) in [6.45, 7) is 6.37. The molecule has 296 valence electrons. The molecule has 1 rings (SSSR count). The summed E-state index contributed by atoms with van der Waals surface area (Å²) in [6, 6.07) is -2.29. The highest BCUT2D eigenvalue weighted by atomic mass is 16.5. The number of nitrogens with one attached hydrogen (secondary N) is 2. The van der Waals surface area contributed by atoms with E-state index in [0.717, 1.165) is 44.9 Å². The molecule has 0 aromatic rings. The van der Waals surface area contributed by atoms with Crippen LogP contribution in [0.2, 0.25) is 0 Å². The third-order valence-corrected chi connectivity index (χ3v) is 10.2. The molecule has 10 heteroatoms. The third kappa shape index (κ3) is 21.2. The summed E-state index contributed by atoms with van der Waals surface area (Å²) >= 11 is 0. The lowest BCUT2D eigenvalue weighted by atomic mass is 9.95. The van der Waals surface area contributed by atoms with Gasteiger partial charge in [-0.3, -0.25) is 9.69 Å². The van der Waals surface area contributed by atoms with Crippen molar-refractivity contribution in [1.82, 2.24) is 15.5 Å². The first-order valence-corrected chi connectivity index (χ1v) is 21.0. The maximum Gasteiger partial charge on any atom is 0.319 e. The van der Waals surface area contributed by atoms with E-state index in [9.17, 15) is 24.9 Å². The minimum atomic E-state index is -1.45. The zero-order valence-electron chi connectivity index (χ0n) is 32.6. The lowest BCUT2D eigenvalue weighted by molar-refractivity contribution is -0.224. The van der Waals surface area contributed by atoms with Gasteiger partial charge in [0, 0.05) is 13.1 Å². The number of amides is 3. The lowest BCUT2D eigenvalue weighted by Gasteiger charge is -2.46. The summed E-state index contributed by atoms with van der Waals surface area (Å²) in [5, 5.41) is 37.2. The zero-order valence-corrected chi connectivity index (χ0v) is 32.6. The van der Waals surface area contributed by atoms with E-state index in [2.05, 4.69) is 24.5 Å². The maximum absolute atomic E-state index is 13.6. The molecular weight excluding hydrogens is 632 g/mol. The highest BCUT2D eigenvalue weighted by molar-refractivity contribution is 5.81. The first-order chi connectivity index (χ1) is 24.3. The zero-order chi connectivity index (χ0) is 36.8. The highest BCUT2D eigenvalue weighted by Gasteiger charge is 2.48. The minimum absolute atomic E-state index is 0.341. The molecule has 0 spiro atoms. The van der Waals surface area contributed by atoms with Crippen molar-refractivity contribution in [3.8, 4) is 0 Å². The largest absolute Gasteiger partial charge is 0.394 e. The van der Waals surface area contributed by atoms with Crippen molar-refractivity contribution in [2.75, 3.05) is 19.7 Å². The first kappa shape index (κ1) is 46.6. The molecule has 0 radical (unpaired) electrons. The molecule has 0 unspecified atom stereocenters. The van der Waals surface area contributed by atoms with Gasteiger partial charge >= 0.3 is 6.03 Å². The molecule has 7 N–H and O–H groups in total. The van der Waals surface area contributed by atoms with Crippen LogP contribution in [0.25, 0.3) is 0 Å². The monoisotopic (exact) mass is 713 g/mol. The Morgan fingerprint density at radius 3 is 1.46 bits per heavy atom. The fourth-order valence-corrected chi connectivity index (χ4v) is 6.90. The summed E-state index contributed by atoms with van der Waals surface area (Å²) in [7, 11) is 0. The molecule has 10 nitrogen and oxygen atoms in total. The van der Waals surface area contributed by atoms with E-state index in [0.29, 0.717) is 13.1 Å². The molecule has 6 atom stereocenters. The number of nitrogens with zero attached hydrogens (tertiary/aromatic N) is 1. The number of carbonyl (C=O) groups is 2. The van der Waals surface area contributed by atoms with Gasteiger partial charge in [-0.05, 0) is 19.8 Å². The van der Waals surface area contributed by atoms with Crippen LogP contribution in [-0.2, 0) is 9.53 Å². The molecule has 0 saturated carbocycles. The smallest absolute Gasteiger partial charge is 0.319 e. The van der Waals surface area contributed by atoms with E-state index in [4.69, 9.17) is 10.5 Å². The number of ether oxygens (including phenoxy) is 1. The predicted octanol–water partition coefficient (Wildman–Crippen LogP) is 7.45. The summed E-state index contributed by atoms with van der Waals surface area (Å²) < 4.78 is 6.03. The van der Waals surface area contributed by atoms with E-state index in [1.165, 1.54) is 134 Å². The second-order valence-electron chi connectivity index (χ2n) is 15.0. The maximum atomic E-state index is 13.6. The Kier molecular flexibility index (Phi) is 29.0. The van der Waals surface area contributed by atoms with E-state index < -0.39 is 49.1 Å². The molecule has 1 aliphatic heterocycles. The summed E-state index contributed by atoms with van der Waals surface area (Å²) in [4.78, 5) is 27.8. The van der Waals surface area contributed by atoms with E-state index in [1.54, 1.807) is 0 Å². The van der Waals surface area contributed by atoms with E-state index in [-0.39, 0.29) is 6.03 Å². The Hall–Kier alpha value is -1.46. The van der Waals surface area contributed by atoms with Gasteiger partial charge in [0.05, 0.1) is 12.6 Å². The number of unbranched alkanes of at least 4 members (excludes halogenated alkanes) is 24. The number of aliphatic hydroxyl groups excluding tert-OH is 3. The van der Waals surface area contributed by atoms with Gasteiger partial charge in [0.2, 0.25) is 5.91 Å². The fourth-order valence-electron chi connectivity index (χ4n) is 6.90. The normalized spacial score (nSPS) is 21.2. The van der Waals surface area contributed by atoms with Crippen LogP contribution in [0.1, 0.15) is 188 Å². The molecule has 1 fully saturated rings. The number of hydrogen-bond donors (Lipinski definition) is 6. The van der Waals surface area contributed by atoms with Crippen molar-refractivity contribution >= 4 is 11.9 Å². The Labute approximate surface area is 306 Å². The minimum Gasteiger partial charge on any atom is -0.394 e. The molecule has 1 heterocycles. The number of rotatable bonds is 32. The fraction of sp³-hybridized carbons (Fsp3) is 0.950. The second kappa shape index (κ2) is 31.1. The molecule has 0 aromatic heterocycles. The van der Waals surface area contributed by atoms with Crippen molar-refractivity contribution in [2.24, 2.45) is 5.73 Å². The van der Waals surface area contributed by atoms with E-state index >= 15 is 0 Å². The number of hydrogen-bond acceptors (Lipinski definition) is 7. The predicted molar refractivity (Wildman–Crippen MR) is 205 cm³/mol. The molecule has 0 bridgehead atoms. The van der Waals surface area contributed by atoms with Crippen LogP contribution >= 0.6 is 0 Å². The summed E-state index contributed by atoms with van der Waals surface area (Å²) in [5.41, 5.74) is 5.79. The van der Waals surface area contributed by atoms with Crippen molar-refractivity contribution in [3.05, 3.63) is 0 Å². The van der Waals surface area contributed by atoms with Crippen LogP contribution in [0.4, 0.5) is 4.79 Å². The van der Waals surface area contributed by atoms with Crippen molar-refractivity contribution < 1.29 is 29.6 Å².